The molecule has 21 heavy (non-hydrogen) atoms. The third-order valence-corrected chi connectivity index (χ3v) is 3.73. The summed E-state index contributed by atoms with van der Waals surface area (Å²) in [6, 6.07) is -0.639. The predicted molar refractivity (Wildman–Crippen MR) is 75.8 cm³/mol. The van der Waals surface area contributed by atoms with Crippen molar-refractivity contribution in [1.82, 2.24) is 34.5 Å². The van der Waals surface area contributed by atoms with Crippen LogP contribution in [0.4, 0.5) is 4.79 Å². The third-order valence-electron chi connectivity index (χ3n) is 3.28. The molecular formula is C11H16ClN7O2. The van der Waals surface area contributed by atoms with E-state index in [1.165, 1.54) is 9.58 Å². The van der Waals surface area contributed by atoms with Crippen molar-refractivity contribution in [2.24, 2.45) is 7.05 Å². The van der Waals surface area contributed by atoms with E-state index in [1.54, 1.807) is 21.0 Å². The summed E-state index contributed by atoms with van der Waals surface area (Å²) in [5.41, 5.74) is -0.0359. The third kappa shape index (κ3) is 2.44. The van der Waals surface area contributed by atoms with Gasteiger partial charge in [-0.1, -0.05) is 11.6 Å². The van der Waals surface area contributed by atoms with Gasteiger partial charge in [0.05, 0.1) is 5.69 Å². The Kier molecular flexibility index (Phi) is 3.86. The molecule has 0 saturated heterocycles. The molecule has 0 radical (unpaired) electrons. The minimum Gasteiger partial charge on any atom is -0.323 e. The van der Waals surface area contributed by atoms with Gasteiger partial charge in [0.15, 0.2) is 0 Å². The second kappa shape index (κ2) is 5.32. The van der Waals surface area contributed by atoms with Crippen LogP contribution < -0.4 is 5.69 Å². The molecule has 1 amide bonds. The number of nitrogens with zero attached hydrogens (tertiary/aromatic N) is 7. The van der Waals surface area contributed by atoms with E-state index in [0.29, 0.717) is 10.4 Å². The van der Waals surface area contributed by atoms with E-state index in [1.807, 2.05) is 13.8 Å². The topological polar surface area (TPSA) is 90.8 Å². The molecule has 0 atom stereocenters. The summed E-state index contributed by atoms with van der Waals surface area (Å²) < 4.78 is 3.10. The van der Waals surface area contributed by atoms with Crippen molar-refractivity contribution in [3.05, 3.63) is 21.2 Å². The molecule has 2 heterocycles. The number of carbonyl (C=O) groups excluding carboxylic acids is 1. The number of amides is 1. The van der Waals surface area contributed by atoms with E-state index in [2.05, 4.69) is 15.5 Å². The van der Waals surface area contributed by atoms with E-state index >= 15 is 0 Å². The highest BCUT2D eigenvalue weighted by Gasteiger charge is 2.23. The Balaban J connectivity index is 2.49. The molecule has 9 nitrogen and oxygen atoms in total. The fraction of sp³-hybridized carbons (Fsp3) is 0.545. The van der Waals surface area contributed by atoms with Crippen LogP contribution in [0.15, 0.2) is 4.79 Å². The Morgan fingerprint density at radius 1 is 1.33 bits per heavy atom. The zero-order valence-electron chi connectivity index (χ0n) is 12.4. The quantitative estimate of drug-likeness (QED) is 0.750. The Morgan fingerprint density at radius 2 is 1.95 bits per heavy atom. The smallest absolute Gasteiger partial charge is 0.323 e. The first kappa shape index (κ1) is 15.2. The number of tetrazole rings is 1. The molecule has 10 heteroatoms. The largest absolute Gasteiger partial charge is 0.378 e. The molecule has 0 unspecified atom stereocenters. The summed E-state index contributed by atoms with van der Waals surface area (Å²) in [5.74, 6) is 0.146. The van der Waals surface area contributed by atoms with Crippen molar-refractivity contribution in [2.75, 3.05) is 7.05 Å². The number of rotatable bonds is 2. The molecule has 2 aromatic heterocycles. The van der Waals surface area contributed by atoms with Crippen LogP contribution in [0.25, 0.3) is 5.82 Å². The van der Waals surface area contributed by atoms with Crippen LogP contribution in [0.3, 0.4) is 0 Å². The van der Waals surface area contributed by atoms with Crippen molar-refractivity contribution in [1.29, 1.82) is 0 Å². The molecule has 0 aliphatic heterocycles. The zero-order chi connectivity index (χ0) is 15.9. The fourth-order valence-electron chi connectivity index (χ4n) is 1.57. The Morgan fingerprint density at radius 3 is 2.43 bits per heavy atom. The van der Waals surface area contributed by atoms with Gasteiger partial charge in [0, 0.05) is 20.1 Å². The van der Waals surface area contributed by atoms with Crippen LogP contribution >= 0.6 is 11.6 Å². The highest BCUT2D eigenvalue weighted by Crippen LogP contribution is 2.20. The van der Waals surface area contributed by atoms with Crippen molar-refractivity contribution >= 4 is 17.6 Å². The summed E-state index contributed by atoms with van der Waals surface area (Å²) in [6.07, 6.45) is 0. The SMILES string of the molecule is Cc1c(Cl)c(-n2nnn(C(=O)N(C)C(C)C)c2=O)nn1C. The maximum Gasteiger partial charge on any atom is 0.378 e. The van der Waals surface area contributed by atoms with Gasteiger partial charge in [0.2, 0.25) is 5.82 Å². The van der Waals surface area contributed by atoms with Gasteiger partial charge in [-0.2, -0.15) is 5.10 Å². The van der Waals surface area contributed by atoms with E-state index < -0.39 is 11.7 Å². The lowest BCUT2D eigenvalue weighted by atomic mass is 10.4. The van der Waals surface area contributed by atoms with Gasteiger partial charge in [-0.05, 0) is 31.2 Å². The van der Waals surface area contributed by atoms with E-state index in [9.17, 15) is 9.59 Å². The van der Waals surface area contributed by atoms with Crippen LogP contribution in [0.1, 0.15) is 19.5 Å². The molecule has 0 aliphatic rings. The Hall–Kier alpha value is -2.16. The number of halogens is 1. The second-order valence-corrected chi connectivity index (χ2v) is 5.30. The molecule has 0 bridgehead atoms. The predicted octanol–water partition coefficient (Wildman–Crippen LogP) is 0.433. The zero-order valence-corrected chi connectivity index (χ0v) is 13.2. The minimum atomic E-state index is -0.715. The highest BCUT2D eigenvalue weighted by atomic mass is 35.5. The molecule has 0 aliphatic carbocycles. The molecule has 0 spiro atoms. The van der Waals surface area contributed by atoms with Crippen LogP contribution in [-0.4, -0.2) is 53.6 Å². The molecule has 2 rings (SSSR count). The molecule has 2 aromatic rings. The highest BCUT2D eigenvalue weighted by molar-refractivity contribution is 6.32. The maximum absolute atomic E-state index is 12.3. The van der Waals surface area contributed by atoms with Crippen molar-refractivity contribution in [2.45, 2.75) is 26.8 Å². The van der Waals surface area contributed by atoms with Crippen LogP contribution in [0, 0.1) is 6.92 Å². The first-order valence-electron chi connectivity index (χ1n) is 6.27. The van der Waals surface area contributed by atoms with Crippen molar-refractivity contribution in [3.8, 4) is 5.82 Å². The average molecular weight is 314 g/mol. The first-order chi connectivity index (χ1) is 9.75. The normalized spacial score (nSPS) is 11.2. The second-order valence-electron chi connectivity index (χ2n) is 4.92. The molecular weight excluding hydrogens is 298 g/mol. The number of aryl methyl sites for hydroxylation is 1. The van der Waals surface area contributed by atoms with Crippen LogP contribution in [0.5, 0.6) is 0 Å². The lowest BCUT2D eigenvalue weighted by Crippen LogP contribution is -2.42. The van der Waals surface area contributed by atoms with Gasteiger partial charge in [-0.15, -0.1) is 9.36 Å². The number of hydrogen-bond donors (Lipinski definition) is 0. The van der Waals surface area contributed by atoms with E-state index in [0.717, 1.165) is 4.68 Å². The maximum atomic E-state index is 12.3. The number of carbonyl (C=O) groups is 1. The van der Waals surface area contributed by atoms with E-state index in [-0.39, 0.29) is 16.9 Å². The summed E-state index contributed by atoms with van der Waals surface area (Å²) in [5, 5.41) is 11.7. The van der Waals surface area contributed by atoms with Crippen LogP contribution in [0.2, 0.25) is 5.02 Å². The Bertz CT molecular complexity index is 742. The molecule has 0 fully saturated rings. The first-order valence-corrected chi connectivity index (χ1v) is 6.65. The minimum absolute atomic E-state index is 0.0739. The molecule has 0 N–H and O–H groups in total. The summed E-state index contributed by atoms with van der Waals surface area (Å²) in [7, 11) is 3.27. The summed E-state index contributed by atoms with van der Waals surface area (Å²) in [4.78, 5) is 25.8. The standard InChI is InChI=1S/C11H16ClN7O2/c1-6(2)16(4)10(20)19-11(21)18(14-15-19)9-8(12)7(3)17(5)13-9/h6H,1-5H3. The van der Waals surface area contributed by atoms with Gasteiger partial charge >= 0.3 is 11.7 Å². The van der Waals surface area contributed by atoms with Gasteiger partial charge in [-0.25, -0.2) is 9.59 Å². The van der Waals surface area contributed by atoms with Gasteiger partial charge < -0.3 is 4.90 Å². The fourth-order valence-corrected chi connectivity index (χ4v) is 1.81. The van der Waals surface area contributed by atoms with Crippen molar-refractivity contribution in [3.63, 3.8) is 0 Å². The van der Waals surface area contributed by atoms with E-state index in [4.69, 9.17) is 11.6 Å². The lowest BCUT2D eigenvalue weighted by molar-refractivity contribution is 0.194. The molecule has 114 valence electrons. The average Bonchev–Trinajstić information content (AvgIpc) is 2.92. The van der Waals surface area contributed by atoms with Gasteiger partial charge in [0.1, 0.15) is 5.02 Å². The monoisotopic (exact) mass is 313 g/mol. The molecule has 0 saturated carbocycles. The van der Waals surface area contributed by atoms with Crippen LogP contribution in [-0.2, 0) is 7.05 Å². The summed E-state index contributed by atoms with van der Waals surface area (Å²) in [6.45, 7) is 5.41. The van der Waals surface area contributed by atoms with Gasteiger partial charge in [0.25, 0.3) is 0 Å². The lowest BCUT2D eigenvalue weighted by Gasteiger charge is -2.19. The number of aromatic nitrogens is 6. The summed E-state index contributed by atoms with van der Waals surface area (Å²) >= 11 is 6.11. The van der Waals surface area contributed by atoms with Crippen molar-refractivity contribution < 1.29 is 4.79 Å². The molecule has 0 aromatic carbocycles. The Labute approximate surface area is 125 Å². The number of hydrogen-bond acceptors (Lipinski definition) is 5. The van der Waals surface area contributed by atoms with Gasteiger partial charge in [-0.3, -0.25) is 4.68 Å².